The Bertz CT molecular complexity index is 258. The molecular weight excluding hydrogens is 353 g/mol. The molecule has 17 heavy (non-hydrogen) atoms. The molecular formula is C15H25BaCl. The second-order valence-electron chi connectivity index (χ2n) is 4.46. The first-order valence-electron chi connectivity index (χ1n) is 5.80. The minimum Gasteiger partial charge on any atom is -1.00 e. The molecule has 0 aromatic heterocycles. The molecule has 0 radical (unpaired) electrons. The minimum absolute atomic E-state index is 0. The van der Waals surface area contributed by atoms with Gasteiger partial charge in [-0.15, -0.1) is 6.92 Å². The normalized spacial score (nSPS) is 11.3. The summed E-state index contributed by atoms with van der Waals surface area (Å²) in [4.78, 5) is 0. The van der Waals surface area contributed by atoms with Gasteiger partial charge in [-0.3, -0.25) is 0 Å². The largest absolute Gasteiger partial charge is 2.00 e. The third-order valence-electron chi connectivity index (χ3n) is 2.47. The maximum Gasteiger partial charge on any atom is 2.00 e. The molecule has 0 nitrogen and oxygen atoms in total. The van der Waals surface area contributed by atoms with E-state index in [0.717, 1.165) is 12.8 Å². The van der Waals surface area contributed by atoms with Crippen molar-refractivity contribution in [2.45, 2.75) is 53.4 Å². The molecule has 0 rings (SSSR count). The Morgan fingerprint density at radius 3 is 1.82 bits per heavy atom. The van der Waals surface area contributed by atoms with Crippen LogP contribution in [0.5, 0.6) is 0 Å². The summed E-state index contributed by atoms with van der Waals surface area (Å²) in [6.07, 6.45) is 11.3. The molecule has 0 heterocycles. The summed E-state index contributed by atoms with van der Waals surface area (Å²) in [6.45, 7) is 12.4. The van der Waals surface area contributed by atoms with Crippen LogP contribution in [0.25, 0.3) is 0 Å². The van der Waals surface area contributed by atoms with Gasteiger partial charge in [-0.2, -0.15) is 0 Å². The average molecular weight is 378 g/mol. The van der Waals surface area contributed by atoms with Gasteiger partial charge in [0.25, 0.3) is 0 Å². The number of rotatable bonds is 6. The third-order valence-corrected chi connectivity index (χ3v) is 2.47. The molecule has 0 spiro atoms. The molecule has 0 aliphatic heterocycles. The van der Waals surface area contributed by atoms with Crippen molar-refractivity contribution in [2.24, 2.45) is 0 Å². The van der Waals surface area contributed by atoms with E-state index in [1.165, 1.54) is 29.6 Å². The van der Waals surface area contributed by atoms with E-state index in [2.05, 4.69) is 46.8 Å². The Morgan fingerprint density at radius 1 is 0.882 bits per heavy atom. The van der Waals surface area contributed by atoms with E-state index in [1.54, 1.807) is 0 Å². The summed E-state index contributed by atoms with van der Waals surface area (Å²) in [5.41, 5.74) is 4.30. The predicted octanol–water partition coefficient (Wildman–Crippen LogP) is 1.86. The number of halogens is 1. The van der Waals surface area contributed by atoms with Crippen LogP contribution in [-0.4, -0.2) is 48.9 Å². The molecule has 0 aliphatic carbocycles. The molecule has 0 amide bonds. The van der Waals surface area contributed by atoms with Crippen LogP contribution < -0.4 is 12.4 Å². The van der Waals surface area contributed by atoms with Gasteiger partial charge in [-0.05, 0) is 40.0 Å². The Morgan fingerprint density at radius 2 is 1.35 bits per heavy atom. The van der Waals surface area contributed by atoms with Crippen LogP contribution >= 0.6 is 0 Å². The van der Waals surface area contributed by atoms with E-state index in [1.807, 2.05) is 6.08 Å². The molecule has 0 fully saturated rings. The topological polar surface area (TPSA) is 0 Å². The third kappa shape index (κ3) is 17.0. The molecule has 0 aromatic carbocycles. The van der Waals surface area contributed by atoms with E-state index in [-0.39, 0.29) is 61.3 Å². The first-order chi connectivity index (χ1) is 7.06. The minimum atomic E-state index is 0. The van der Waals surface area contributed by atoms with Gasteiger partial charge in [0.2, 0.25) is 0 Å². The molecule has 94 valence electrons. The molecule has 0 saturated carbocycles. The summed E-state index contributed by atoms with van der Waals surface area (Å²) < 4.78 is 0. The van der Waals surface area contributed by atoms with Gasteiger partial charge in [0.15, 0.2) is 0 Å². The number of allylic oxidation sites excluding steroid dienone is 6. The Balaban J connectivity index is -0.000000980. The quantitative estimate of drug-likeness (QED) is 0.376. The SMILES string of the molecule is [Ba+2].[CH2-]/C=C(\C)CC/C=C(\C)CCC=C(C)C.[Cl-]. The van der Waals surface area contributed by atoms with E-state index in [9.17, 15) is 0 Å². The van der Waals surface area contributed by atoms with Gasteiger partial charge < -0.3 is 12.4 Å². The maximum atomic E-state index is 3.76. The second kappa shape index (κ2) is 15.0. The van der Waals surface area contributed by atoms with Gasteiger partial charge in [0, 0.05) is 0 Å². The molecule has 0 unspecified atom stereocenters. The Labute approximate surface area is 155 Å². The van der Waals surface area contributed by atoms with Crippen molar-refractivity contribution in [1.82, 2.24) is 0 Å². The van der Waals surface area contributed by atoms with Crippen LogP contribution in [0.4, 0.5) is 0 Å². The van der Waals surface area contributed by atoms with Crippen molar-refractivity contribution >= 4 is 48.9 Å². The standard InChI is InChI=1S/C15H25.Ba.ClH/c1-6-14(4)10-8-12-15(5)11-7-9-13(2)3;;/h6,9,12H,1,7-8,10-11H2,2-5H3;;1H/q-1;+2;/p-1/b14-6+,15-12+;;. The van der Waals surface area contributed by atoms with Crippen LogP contribution in [0.1, 0.15) is 53.4 Å². The zero-order valence-electron chi connectivity index (χ0n) is 11.9. The molecule has 0 atom stereocenters. The van der Waals surface area contributed by atoms with Gasteiger partial charge >= 0.3 is 48.9 Å². The first-order valence-corrected chi connectivity index (χ1v) is 5.80. The van der Waals surface area contributed by atoms with Crippen molar-refractivity contribution in [2.75, 3.05) is 0 Å². The van der Waals surface area contributed by atoms with E-state index in [0.29, 0.717) is 0 Å². The van der Waals surface area contributed by atoms with Crippen molar-refractivity contribution in [3.63, 3.8) is 0 Å². The molecule has 0 aromatic rings. The summed E-state index contributed by atoms with van der Waals surface area (Å²) >= 11 is 0. The van der Waals surface area contributed by atoms with E-state index < -0.39 is 0 Å². The molecule has 0 bridgehead atoms. The molecule has 0 N–H and O–H groups in total. The molecule has 0 aliphatic rings. The van der Waals surface area contributed by atoms with Gasteiger partial charge in [0.05, 0.1) is 0 Å². The first kappa shape index (κ1) is 23.1. The smallest absolute Gasteiger partial charge is 1.00 e. The molecule has 0 saturated heterocycles. The van der Waals surface area contributed by atoms with E-state index in [4.69, 9.17) is 0 Å². The fourth-order valence-corrected chi connectivity index (χ4v) is 1.34. The summed E-state index contributed by atoms with van der Waals surface area (Å²) in [7, 11) is 0. The van der Waals surface area contributed by atoms with Crippen LogP contribution in [0.2, 0.25) is 0 Å². The van der Waals surface area contributed by atoms with Crippen molar-refractivity contribution in [3.8, 4) is 0 Å². The predicted molar refractivity (Wildman–Crippen MR) is 76.5 cm³/mol. The van der Waals surface area contributed by atoms with E-state index >= 15 is 0 Å². The van der Waals surface area contributed by atoms with Gasteiger partial charge in [-0.25, -0.2) is 18.6 Å². The van der Waals surface area contributed by atoms with Crippen LogP contribution in [0, 0.1) is 6.92 Å². The number of hydrogen-bond donors (Lipinski definition) is 0. The second-order valence-corrected chi connectivity index (χ2v) is 4.46. The average Bonchev–Trinajstić information content (AvgIpc) is 2.17. The number of hydrogen-bond acceptors (Lipinski definition) is 0. The van der Waals surface area contributed by atoms with Gasteiger partial charge in [0.1, 0.15) is 0 Å². The zero-order chi connectivity index (χ0) is 11.7. The molecule has 2 heteroatoms. The van der Waals surface area contributed by atoms with Crippen molar-refractivity contribution in [1.29, 1.82) is 0 Å². The summed E-state index contributed by atoms with van der Waals surface area (Å²) in [6, 6.07) is 0. The monoisotopic (exact) mass is 378 g/mol. The fraction of sp³-hybridized carbons (Fsp3) is 0.533. The van der Waals surface area contributed by atoms with Crippen LogP contribution in [0.15, 0.2) is 34.9 Å². The van der Waals surface area contributed by atoms with Crippen molar-refractivity contribution < 1.29 is 12.4 Å². The fourth-order valence-electron chi connectivity index (χ4n) is 1.34. The Kier molecular flexibility index (Phi) is 20.4. The van der Waals surface area contributed by atoms with Crippen LogP contribution in [0.3, 0.4) is 0 Å². The summed E-state index contributed by atoms with van der Waals surface area (Å²) in [5.74, 6) is 0. The Hall–Kier alpha value is 0.951. The van der Waals surface area contributed by atoms with Crippen molar-refractivity contribution in [3.05, 3.63) is 41.9 Å². The maximum absolute atomic E-state index is 3.76. The zero-order valence-corrected chi connectivity index (χ0v) is 17.0. The van der Waals surface area contributed by atoms with Crippen LogP contribution in [-0.2, 0) is 0 Å². The summed E-state index contributed by atoms with van der Waals surface area (Å²) in [5, 5.41) is 0. The van der Waals surface area contributed by atoms with Gasteiger partial charge in [-0.1, -0.05) is 29.7 Å².